The van der Waals surface area contributed by atoms with Crippen LogP contribution in [-0.4, -0.2) is 42.1 Å². The van der Waals surface area contributed by atoms with Crippen LogP contribution >= 0.6 is 23.8 Å². The SMILES string of the molecule is O=C(Cc1ccc(Cl)cc1)NC(=S)N1CCN(c2ccccc2)CC1. The molecule has 25 heavy (non-hydrogen) atoms. The number of rotatable bonds is 3. The topological polar surface area (TPSA) is 35.6 Å². The molecule has 0 radical (unpaired) electrons. The highest BCUT2D eigenvalue weighted by atomic mass is 35.5. The lowest BCUT2D eigenvalue weighted by Gasteiger charge is -2.37. The zero-order valence-corrected chi connectivity index (χ0v) is 15.4. The number of amides is 1. The van der Waals surface area contributed by atoms with Crippen LogP contribution < -0.4 is 10.2 Å². The molecule has 3 rings (SSSR count). The summed E-state index contributed by atoms with van der Waals surface area (Å²) in [6, 6.07) is 17.6. The summed E-state index contributed by atoms with van der Waals surface area (Å²) in [7, 11) is 0. The molecule has 2 aromatic rings. The first-order valence-corrected chi connectivity index (χ1v) is 9.03. The highest BCUT2D eigenvalue weighted by Crippen LogP contribution is 2.15. The maximum absolute atomic E-state index is 12.2. The maximum atomic E-state index is 12.2. The minimum Gasteiger partial charge on any atom is -0.368 e. The van der Waals surface area contributed by atoms with Crippen LogP contribution in [0.4, 0.5) is 5.69 Å². The van der Waals surface area contributed by atoms with Gasteiger partial charge in [-0.3, -0.25) is 4.79 Å². The minimum atomic E-state index is -0.0992. The predicted octanol–water partition coefficient (Wildman–Crippen LogP) is 3.11. The second kappa shape index (κ2) is 8.32. The van der Waals surface area contributed by atoms with E-state index in [1.807, 2.05) is 30.3 Å². The Morgan fingerprint density at radius 3 is 2.28 bits per heavy atom. The van der Waals surface area contributed by atoms with E-state index in [2.05, 4.69) is 27.2 Å². The van der Waals surface area contributed by atoms with E-state index in [0.29, 0.717) is 16.6 Å². The number of nitrogens with zero attached hydrogens (tertiary/aromatic N) is 2. The summed E-state index contributed by atoms with van der Waals surface area (Å²) >= 11 is 11.3. The first kappa shape index (κ1) is 17.7. The quantitative estimate of drug-likeness (QED) is 0.838. The van der Waals surface area contributed by atoms with Crippen LogP contribution in [0.5, 0.6) is 0 Å². The summed E-state index contributed by atoms with van der Waals surface area (Å²) in [5.74, 6) is -0.0992. The Hall–Kier alpha value is -2.11. The van der Waals surface area contributed by atoms with Gasteiger partial charge in [0.2, 0.25) is 5.91 Å². The van der Waals surface area contributed by atoms with Crippen LogP contribution in [0.1, 0.15) is 5.56 Å². The van der Waals surface area contributed by atoms with E-state index in [9.17, 15) is 4.79 Å². The molecular weight excluding hydrogens is 354 g/mol. The molecule has 0 unspecified atom stereocenters. The fraction of sp³-hybridized carbons (Fsp3) is 0.263. The van der Waals surface area contributed by atoms with E-state index < -0.39 is 0 Å². The van der Waals surface area contributed by atoms with Gasteiger partial charge < -0.3 is 15.1 Å². The summed E-state index contributed by atoms with van der Waals surface area (Å²) in [5.41, 5.74) is 2.14. The number of anilines is 1. The Bertz CT molecular complexity index is 728. The standard InChI is InChI=1S/C19H20ClN3OS/c20-16-8-6-15(7-9-16)14-18(24)21-19(25)23-12-10-22(11-13-23)17-4-2-1-3-5-17/h1-9H,10-14H2,(H,21,24,25). The van der Waals surface area contributed by atoms with Gasteiger partial charge in [0.15, 0.2) is 5.11 Å². The van der Waals surface area contributed by atoms with Gasteiger partial charge in [-0.2, -0.15) is 0 Å². The van der Waals surface area contributed by atoms with E-state index in [0.717, 1.165) is 31.7 Å². The second-order valence-corrected chi connectivity index (χ2v) is 6.79. The van der Waals surface area contributed by atoms with E-state index >= 15 is 0 Å². The Morgan fingerprint density at radius 2 is 1.64 bits per heavy atom. The molecule has 0 atom stereocenters. The molecule has 1 N–H and O–H groups in total. The van der Waals surface area contributed by atoms with Gasteiger partial charge in [-0.15, -0.1) is 0 Å². The van der Waals surface area contributed by atoms with Gasteiger partial charge in [0.1, 0.15) is 0 Å². The van der Waals surface area contributed by atoms with Gasteiger partial charge in [-0.05, 0) is 42.0 Å². The van der Waals surface area contributed by atoms with Crippen molar-refractivity contribution in [2.24, 2.45) is 0 Å². The number of thiocarbonyl (C=S) groups is 1. The highest BCUT2D eigenvalue weighted by molar-refractivity contribution is 7.80. The van der Waals surface area contributed by atoms with E-state index in [1.54, 1.807) is 12.1 Å². The summed E-state index contributed by atoms with van der Waals surface area (Å²) in [6.07, 6.45) is 0.293. The summed E-state index contributed by atoms with van der Waals surface area (Å²) < 4.78 is 0. The van der Waals surface area contributed by atoms with Crippen molar-refractivity contribution in [1.29, 1.82) is 0 Å². The van der Waals surface area contributed by atoms with Gasteiger partial charge >= 0.3 is 0 Å². The molecule has 6 heteroatoms. The number of piperazine rings is 1. The fourth-order valence-corrected chi connectivity index (χ4v) is 3.26. The Labute approximate surface area is 158 Å². The molecule has 0 aliphatic carbocycles. The third-order valence-corrected chi connectivity index (χ3v) is 4.82. The zero-order valence-electron chi connectivity index (χ0n) is 13.8. The molecule has 0 saturated carbocycles. The van der Waals surface area contributed by atoms with Crippen LogP contribution in [0, 0.1) is 0 Å². The first-order valence-electron chi connectivity index (χ1n) is 8.25. The van der Waals surface area contributed by atoms with E-state index in [1.165, 1.54) is 5.69 Å². The molecule has 4 nitrogen and oxygen atoms in total. The molecule has 2 aromatic carbocycles. The molecular formula is C19H20ClN3OS. The molecule has 0 bridgehead atoms. The molecule has 1 fully saturated rings. The third kappa shape index (κ3) is 4.94. The minimum absolute atomic E-state index is 0.0992. The zero-order chi connectivity index (χ0) is 17.6. The molecule has 0 spiro atoms. The predicted molar refractivity (Wildman–Crippen MR) is 106 cm³/mol. The third-order valence-electron chi connectivity index (χ3n) is 4.21. The van der Waals surface area contributed by atoms with Crippen molar-refractivity contribution < 1.29 is 4.79 Å². The highest BCUT2D eigenvalue weighted by Gasteiger charge is 2.20. The average molecular weight is 374 g/mol. The molecule has 1 saturated heterocycles. The lowest BCUT2D eigenvalue weighted by atomic mass is 10.1. The molecule has 130 valence electrons. The van der Waals surface area contributed by atoms with Crippen LogP contribution in [0.15, 0.2) is 54.6 Å². The molecule has 1 amide bonds. The monoisotopic (exact) mass is 373 g/mol. The van der Waals surface area contributed by atoms with E-state index in [-0.39, 0.29) is 5.91 Å². The Morgan fingerprint density at radius 1 is 1.00 bits per heavy atom. The second-order valence-electron chi connectivity index (χ2n) is 5.97. The lowest BCUT2D eigenvalue weighted by molar-refractivity contribution is -0.119. The summed E-state index contributed by atoms with van der Waals surface area (Å²) in [5, 5.41) is 4.00. The number of hydrogen-bond donors (Lipinski definition) is 1. The van der Waals surface area contributed by atoms with Crippen LogP contribution in [0.3, 0.4) is 0 Å². The van der Waals surface area contributed by atoms with Gasteiger partial charge in [0.05, 0.1) is 6.42 Å². The van der Waals surface area contributed by atoms with Crippen molar-refractivity contribution in [3.05, 3.63) is 65.2 Å². The Kier molecular flexibility index (Phi) is 5.89. The van der Waals surface area contributed by atoms with Gasteiger partial charge in [-0.25, -0.2) is 0 Å². The van der Waals surface area contributed by atoms with E-state index in [4.69, 9.17) is 23.8 Å². The normalized spacial score (nSPS) is 14.3. The average Bonchev–Trinajstić information content (AvgIpc) is 2.64. The lowest BCUT2D eigenvalue weighted by Crippen LogP contribution is -2.52. The van der Waals surface area contributed by atoms with Crippen molar-refractivity contribution in [2.75, 3.05) is 31.1 Å². The van der Waals surface area contributed by atoms with Crippen molar-refractivity contribution >= 4 is 40.5 Å². The summed E-state index contributed by atoms with van der Waals surface area (Å²) in [6.45, 7) is 3.37. The molecule has 1 aliphatic rings. The number of carbonyl (C=O) groups is 1. The molecule has 1 heterocycles. The van der Waals surface area contributed by atoms with Gasteiger partial charge in [-0.1, -0.05) is 41.9 Å². The maximum Gasteiger partial charge on any atom is 0.230 e. The van der Waals surface area contributed by atoms with Crippen molar-refractivity contribution in [1.82, 2.24) is 10.2 Å². The smallest absolute Gasteiger partial charge is 0.230 e. The van der Waals surface area contributed by atoms with Gasteiger partial charge in [0, 0.05) is 36.9 Å². The first-order chi connectivity index (χ1) is 12.1. The number of halogens is 1. The van der Waals surface area contributed by atoms with Crippen LogP contribution in [0.25, 0.3) is 0 Å². The number of benzene rings is 2. The number of carbonyl (C=O) groups excluding carboxylic acids is 1. The van der Waals surface area contributed by atoms with Crippen LogP contribution in [0.2, 0.25) is 5.02 Å². The van der Waals surface area contributed by atoms with Gasteiger partial charge in [0.25, 0.3) is 0 Å². The fourth-order valence-electron chi connectivity index (χ4n) is 2.84. The van der Waals surface area contributed by atoms with Crippen molar-refractivity contribution in [3.8, 4) is 0 Å². The largest absolute Gasteiger partial charge is 0.368 e. The van der Waals surface area contributed by atoms with Crippen molar-refractivity contribution in [2.45, 2.75) is 6.42 Å². The van der Waals surface area contributed by atoms with Crippen molar-refractivity contribution in [3.63, 3.8) is 0 Å². The summed E-state index contributed by atoms with van der Waals surface area (Å²) in [4.78, 5) is 16.5. The Balaban J connectivity index is 1.47. The molecule has 1 aliphatic heterocycles. The van der Waals surface area contributed by atoms with Crippen LogP contribution in [-0.2, 0) is 11.2 Å². The molecule has 0 aromatic heterocycles. The number of nitrogens with one attached hydrogen (secondary N) is 1. The number of para-hydroxylation sites is 1. The number of hydrogen-bond acceptors (Lipinski definition) is 3.